The van der Waals surface area contributed by atoms with Crippen LogP contribution in [0.3, 0.4) is 0 Å². The minimum atomic E-state index is -0.0111. The number of phenols is 1. The van der Waals surface area contributed by atoms with Crippen molar-refractivity contribution < 1.29 is 9.84 Å². The van der Waals surface area contributed by atoms with Gasteiger partial charge in [0.25, 0.3) is 0 Å². The molecule has 1 aliphatic rings. The summed E-state index contributed by atoms with van der Waals surface area (Å²) >= 11 is 2.01. The lowest BCUT2D eigenvalue weighted by atomic mass is 9.86. The summed E-state index contributed by atoms with van der Waals surface area (Å²) in [5, 5.41) is 11.9. The van der Waals surface area contributed by atoms with Crippen molar-refractivity contribution in [2.75, 3.05) is 0 Å². The van der Waals surface area contributed by atoms with Crippen molar-refractivity contribution in [3.05, 3.63) is 52.1 Å². The minimum absolute atomic E-state index is 0.0111. The molecular formula is C28H40O2S. The van der Waals surface area contributed by atoms with Gasteiger partial charge in [-0.1, -0.05) is 76.6 Å². The van der Waals surface area contributed by atoms with Crippen LogP contribution in [0, 0.1) is 20.8 Å². The van der Waals surface area contributed by atoms with Crippen LogP contribution in [-0.2, 0) is 11.2 Å². The first-order valence-electron chi connectivity index (χ1n) is 11.9. The first-order chi connectivity index (χ1) is 14.6. The van der Waals surface area contributed by atoms with Crippen LogP contribution in [-0.4, -0.2) is 10.4 Å². The second kappa shape index (κ2) is 10.3. The zero-order valence-corrected chi connectivity index (χ0v) is 21.1. The monoisotopic (exact) mass is 440 g/mol. The summed E-state index contributed by atoms with van der Waals surface area (Å²) in [6.45, 7) is 12.9. The molecule has 0 spiro atoms. The smallest absolute Gasteiger partial charge is 0.169 e. The van der Waals surface area contributed by atoms with E-state index in [4.69, 9.17) is 4.74 Å². The van der Waals surface area contributed by atoms with Crippen LogP contribution >= 0.6 is 11.8 Å². The molecular weight excluding hydrogens is 400 g/mol. The topological polar surface area (TPSA) is 29.5 Å². The lowest BCUT2D eigenvalue weighted by Gasteiger charge is -2.24. The van der Waals surface area contributed by atoms with Gasteiger partial charge in [-0.05, 0) is 61.8 Å². The van der Waals surface area contributed by atoms with Gasteiger partial charge in [-0.25, -0.2) is 0 Å². The van der Waals surface area contributed by atoms with Crippen LogP contribution in [0.5, 0.6) is 17.2 Å². The molecule has 0 bridgehead atoms. The van der Waals surface area contributed by atoms with Gasteiger partial charge in [0.15, 0.2) is 11.5 Å². The lowest BCUT2D eigenvalue weighted by molar-refractivity contribution is 0.403. The summed E-state index contributed by atoms with van der Waals surface area (Å²) < 4.78 is 6.37. The summed E-state index contributed by atoms with van der Waals surface area (Å²) in [6.07, 6.45) is 9.41. The van der Waals surface area contributed by atoms with E-state index in [9.17, 15) is 5.11 Å². The summed E-state index contributed by atoms with van der Waals surface area (Å²) in [7, 11) is 0. The quantitative estimate of drug-likeness (QED) is 0.504. The fraction of sp³-hybridized carbons (Fsp3) is 0.571. The molecule has 1 saturated carbocycles. The molecule has 0 aromatic heterocycles. The van der Waals surface area contributed by atoms with Gasteiger partial charge in [-0.2, -0.15) is 11.8 Å². The highest BCUT2D eigenvalue weighted by Crippen LogP contribution is 2.42. The molecule has 1 N–H and O–H groups in total. The van der Waals surface area contributed by atoms with E-state index < -0.39 is 0 Å². The highest BCUT2D eigenvalue weighted by Gasteiger charge is 2.22. The Bertz CT molecular complexity index is 864. The third-order valence-corrected chi connectivity index (χ3v) is 7.78. The van der Waals surface area contributed by atoms with E-state index in [1.165, 1.54) is 56.1 Å². The Kier molecular flexibility index (Phi) is 8.02. The van der Waals surface area contributed by atoms with E-state index in [2.05, 4.69) is 59.7 Å². The molecule has 0 radical (unpaired) electrons. The number of thioether (sulfide) groups is 1. The molecule has 3 heteroatoms. The second-order valence-electron chi connectivity index (χ2n) is 10.3. The Hall–Kier alpha value is -1.61. The van der Waals surface area contributed by atoms with Gasteiger partial charge in [-0.3, -0.25) is 0 Å². The van der Waals surface area contributed by atoms with E-state index in [0.29, 0.717) is 16.7 Å². The van der Waals surface area contributed by atoms with Crippen LogP contribution in [0.4, 0.5) is 0 Å². The van der Waals surface area contributed by atoms with E-state index in [1.807, 2.05) is 17.8 Å². The predicted molar refractivity (Wildman–Crippen MR) is 135 cm³/mol. The van der Waals surface area contributed by atoms with Crippen molar-refractivity contribution in [2.24, 2.45) is 0 Å². The largest absolute Gasteiger partial charge is 0.504 e. The standard InChI is InChI=1S/C28H40O2S/c1-19-14-20(2)27(21(3)15-19)30-25-17-23(28(4,5)6)16-22(26(25)29)18-31-24-12-10-8-7-9-11-13-24/h14-17,24,29H,7-13,18H2,1-6H3. The van der Waals surface area contributed by atoms with Crippen molar-refractivity contribution in [1.29, 1.82) is 0 Å². The van der Waals surface area contributed by atoms with E-state index >= 15 is 0 Å². The Morgan fingerprint density at radius 2 is 1.48 bits per heavy atom. The first kappa shape index (κ1) is 24.0. The van der Waals surface area contributed by atoms with Gasteiger partial charge in [-0.15, -0.1) is 0 Å². The van der Waals surface area contributed by atoms with Gasteiger partial charge in [0, 0.05) is 16.6 Å². The molecule has 0 unspecified atom stereocenters. The van der Waals surface area contributed by atoms with E-state index in [-0.39, 0.29) is 5.41 Å². The molecule has 0 atom stereocenters. The average Bonchev–Trinajstić information content (AvgIpc) is 2.64. The predicted octanol–water partition coefficient (Wildman–Crippen LogP) is 8.75. The molecule has 0 aliphatic heterocycles. The summed E-state index contributed by atoms with van der Waals surface area (Å²) in [5.74, 6) is 2.56. The van der Waals surface area contributed by atoms with Gasteiger partial charge < -0.3 is 9.84 Å². The van der Waals surface area contributed by atoms with Crippen molar-refractivity contribution in [3.63, 3.8) is 0 Å². The highest BCUT2D eigenvalue weighted by atomic mass is 32.2. The number of rotatable bonds is 5. The van der Waals surface area contributed by atoms with Crippen LogP contribution in [0.15, 0.2) is 24.3 Å². The maximum Gasteiger partial charge on any atom is 0.169 e. The van der Waals surface area contributed by atoms with Crippen LogP contribution in [0.2, 0.25) is 0 Å². The normalized spacial score (nSPS) is 16.1. The van der Waals surface area contributed by atoms with Gasteiger partial charge in [0.2, 0.25) is 0 Å². The van der Waals surface area contributed by atoms with Gasteiger partial charge in [0.05, 0.1) is 0 Å². The fourth-order valence-corrected chi connectivity index (χ4v) is 5.82. The average molecular weight is 441 g/mol. The van der Waals surface area contributed by atoms with Crippen LogP contribution < -0.4 is 4.74 Å². The SMILES string of the molecule is Cc1cc(C)c(Oc2cc(C(C)(C)C)cc(CSC3CCCCCCC3)c2O)c(C)c1. The number of ether oxygens (including phenoxy) is 1. The zero-order valence-electron chi connectivity index (χ0n) is 20.3. The van der Waals surface area contributed by atoms with Crippen LogP contribution in [0.1, 0.15) is 93.5 Å². The molecule has 2 aromatic rings. The number of hydrogen-bond acceptors (Lipinski definition) is 3. The minimum Gasteiger partial charge on any atom is -0.504 e. The molecule has 1 fully saturated rings. The molecule has 0 amide bonds. The summed E-state index contributed by atoms with van der Waals surface area (Å²) in [6, 6.07) is 8.49. The van der Waals surface area contributed by atoms with Crippen molar-refractivity contribution in [3.8, 4) is 17.2 Å². The summed E-state index contributed by atoms with van der Waals surface area (Å²) in [4.78, 5) is 0. The molecule has 1 aliphatic carbocycles. The molecule has 170 valence electrons. The Morgan fingerprint density at radius 1 is 0.903 bits per heavy atom. The van der Waals surface area contributed by atoms with E-state index in [1.54, 1.807) is 0 Å². The Morgan fingerprint density at radius 3 is 2.06 bits per heavy atom. The van der Waals surface area contributed by atoms with E-state index in [0.717, 1.165) is 28.2 Å². The third kappa shape index (κ3) is 6.44. The number of aryl methyl sites for hydroxylation is 3. The lowest BCUT2D eigenvalue weighted by Crippen LogP contribution is -2.12. The fourth-order valence-electron chi connectivity index (χ4n) is 4.52. The van der Waals surface area contributed by atoms with Crippen molar-refractivity contribution in [1.82, 2.24) is 0 Å². The highest BCUT2D eigenvalue weighted by molar-refractivity contribution is 7.99. The number of phenolic OH excluding ortho intramolecular Hbond substituents is 1. The second-order valence-corrected chi connectivity index (χ2v) is 11.6. The van der Waals surface area contributed by atoms with Gasteiger partial charge >= 0.3 is 0 Å². The zero-order chi connectivity index (χ0) is 22.6. The molecule has 31 heavy (non-hydrogen) atoms. The first-order valence-corrected chi connectivity index (χ1v) is 12.9. The molecule has 3 rings (SSSR count). The van der Waals surface area contributed by atoms with Gasteiger partial charge in [0.1, 0.15) is 5.75 Å². The Balaban J connectivity index is 1.89. The Labute approximate surface area is 193 Å². The number of hydrogen-bond donors (Lipinski definition) is 1. The molecule has 2 nitrogen and oxygen atoms in total. The number of aromatic hydroxyl groups is 1. The third-order valence-electron chi connectivity index (χ3n) is 6.36. The maximum absolute atomic E-state index is 11.2. The molecule has 0 saturated heterocycles. The maximum atomic E-state index is 11.2. The summed E-state index contributed by atoms with van der Waals surface area (Å²) in [5.41, 5.74) is 5.62. The molecule has 0 heterocycles. The number of benzene rings is 2. The van der Waals surface area contributed by atoms with Crippen LogP contribution in [0.25, 0.3) is 0 Å². The van der Waals surface area contributed by atoms with Crippen molar-refractivity contribution >= 4 is 11.8 Å². The molecule has 2 aromatic carbocycles. The van der Waals surface area contributed by atoms with Crippen molar-refractivity contribution in [2.45, 2.75) is 103 Å².